The van der Waals surface area contributed by atoms with Gasteiger partial charge in [-0.25, -0.2) is 4.39 Å². The Labute approximate surface area is 149 Å². The Balaban J connectivity index is 1.58. The molecule has 0 saturated heterocycles. The highest BCUT2D eigenvalue weighted by Gasteiger charge is 2.08. The van der Waals surface area contributed by atoms with Gasteiger partial charge in [-0.05, 0) is 48.0 Å². The fraction of sp³-hybridized carbons (Fsp3) is 0.105. The summed E-state index contributed by atoms with van der Waals surface area (Å²) in [5, 5.41) is 2.90. The highest BCUT2D eigenvalue weighted by molar-refractivity contribution is 8.00. The van der Waals surface area contributed by atoms with Gasteiger partial charge in [-0.15, -0.1) is 11.8 Å². The average molecular weight is 353 g/mol. The molecule has 4 nitrogen and oxygen atoms in total. The maximum Gasteiger partial charge on any atom is 0.230 e. The molecule has 2 aromatic heterocycles. The molecular formula is C19H16FN3OS. The Morgan fingerprint density at radius 1 is 1.04 bits per heavy atom. The minimum atomic E-state index is -0.283. The van der Waals surface area contributed by atoms with Crippen LogP contribution in [-0.4, -0.2) is 21.6 Å². The quantitative estimate of drug-likeness (QED) is 0.687. The van der Waals surface area contributed by atoms with Crippen LogP contribution in [0.1, 0.15) is 5.56 Å². The van der Waals surface area contributed by atoms with Crippen LogP contribution in [0.15, 0.2) is 72.0 Å². The van der Waals surface area contributed by atoms with Crippen molar-refractivity contribution in [2.24, 2.45) is 0 Å². The molecule has 126 valence electrons. The molecule has 0 bridgehead atoms. The van der Waals surface area contributed by atoms with Crippen molar-refractivity contribution in [3.8, 4) is 11.3 Å². The van der Waals surface area contributed by atoms with Crippen LogP contribution >= 0.6 is 11.8 Å². The number of aromatic nitrogens is 2. The van der Waals surface area contributed by atoms with Crippen molar-refractivity contribution in [1.82, 2.24) is 15.3 Å². The number of nitrogens with zero attached hydrogens (tertiary/aromatic N) is 2. The van der Waals surface area contributed by atoms with E-state index in [1.165, 1.54) is 23.9 Å². The lowest BCUT2D eigenvalue weighted by molar-refractivity contribution is -0.118. The van der Waals surface area contributed by atoms with Crippen LogP contribution in [-0.2, 0) is 11.3 Å². The zero-order valence-corrected chi connectivity index (χ0v) is 14.2. The maximum atomic E-state index is 12.9. The lowest BCUT2D eigenvalue weighted by Crippen LogP contribution is -2.25. The number of nitrogens with one attached hydrogen (secondary N) is 1. The molecule has 2 heterocycles. The molecule has 1 N–H and O–H groups in total. The van der Waals surface area contributed by atoms with Crippen LogP contribution in [0, 0.1) is 5.82 Å². The standard InChI is InChI=1S/C19H16FN3OS/c20-16-3-5-17(6-4-16)25-13-18(24)23-12-15-2-1-9-22-19(15)14-7-10-21-11-8-14/h1-11H,12-13H2,(H,23,24). The zero-order valence-electron chi connectivity index (χ0n) is 13.4. The summed E-state index contributed by atoms with van der Waals surface area (Å²) in [6.45, 7) is 0.397. The van der Waals surface area contributed by atoms with E-state index in [2.05, 4.69) is 15.3 Å². The van der Waals surface area contributed by atoms with Gasteiger partial charge < -0.3 is 5.32 Å². The summed E-state index contributed by atoms with van der Waals surface area (Å²) in [6, 6.07) is 13.7. The minimum Gasteiger partial charge on any atom is -0.351 e. The Kier molecular flexibility index (Phi) is 5.74. The van der Waals surface area contributed by atoms with Crippen molar-refractivity contribution in [2.45, 2.75) is 11.4 Å². The molecule has 0 aliphatic carbocycles. The van der Waals surface area contributed by atoms with Crippen LogP contribution in [0.25, 0.3) is 11.3 Å². The van der Waals surface area contributed by atoms with Gasteiger partial charge in [0.2, 0.25) is 5.91 Å². The maximum absolute atomic E-state index is 12.9. The van der Waals surface area contributed by atoms with Gasteiger partial charge in [0.25, 0.3) is 0 Å². The van der Waals surface area contributed by atoms with Gasteiger partial charge in [0.1, 0.15) is 5.82 Å². The van der Waals surface area contributed by atoms with Crippen LogP contribution in [0.4, 0.5) is 4.39 Å². The van der Waals surface area contributed by atoms with Crippen molar-refractivity contribution in [3.05, 3.63) is 78.5 Å². The number of hydrogen-bond donors (Lipinski definition) is 1. The van der Waals surface area contributed by atoms with E-state index < -0.39 is 0 Å². The lowest BCUT2D eigenvalue weighted by atomic mass is 10.1. The number of hydrogen-bond acceptors (Lipinski definition) is 4. The van der Waals surface area contributed by atoms with Crippen molar-refractivity contribution < 1.29 is 9.18 Å². The number of thioether (sulfide) groups is 1. The zero-order chi connectivity index (χ0) is 17.5. The van der Waals surface area contributed by atoms with E-state index >= 15 is 0 Å². The predicted octanol–water partition coefficient (Wildman–Crippen LogP) is 3.69. The molecule has 3 aromatic rings. The minimum absolute atomic E-state index is 0.0844. The van der Waals surface area contributed by atoms with Crippen molar-refractivity contribution in [2.75, 3.05) is 5.75 Å². The molecule has 3 rings (SSSR count). The molecule has 0 fully saturated rings. The molecular weight excluding hydrogens is 337 g/mol. The third kappa shape index (κ3) is 4.87. The first-order valence-corrected chi connectivity index (χ1v) is 8.70. The molecule has 0 saturated carbocycles. The van der Waals surface area contributed by atoms with E-state index in [1.807, 2.05) is 24.3 Å². The number of carbonyl (C=O) groups excluding carboxylic acids is 1. The summed E-state index contributed by atoms with van der Waals surface area (Å²) in [4.78, 5) is 21.3. The number of benzene rings is 1. The topological polar surface area (TPSA) is 54.9 Å². The van der Waals surface area contributed by atoms with Crippen LogP contribution in [0.5, 0.6) is 0 Å². The van der Waals surface area contributed by atoms with E-state index in [1.54, 1.807) is 30.7 Å². The number of carbonyl (C=O) groups is 1. The summed E-state index contributed by atoms with van der Waals surface area (Å²) in [7, 11) is 0. The molecule has 0 radical (unpaired) electrons. The van der Waals surface area contributed by atoms with Gasteiger partial charge in [-0.3, -0.25) is 14.8 Å². The number of rotatable bonds is 6. The van der Waals surface area contributed by atoms with E-state index in [0.29, 0.717) is 6.54 Å². The third-order valence-corrected chi connectivity index (χ3v) is 4.52. The van der Waals surface area contributed by atoms with Gasteiger partial charge in [0.15, 0.2) is 0 Å². The van der Waals surface area contributed by atoms with Crippen LogP contribution in [0.2, 0.25) is 0 Å². The van der Waals surface area contributed by atoms with E-state index in [0.717, 1.165) is 21.7 Å². The number of amides is 1. The summed E-state index contributed by atoms with van der Waals surface area (Å²) in [5.74, 6) is -0.0934. The second kappa shape index (κ2) is 8.39. The number of halogens is 1. The summed E-state index contributed by atoms with van der Waals surface area (Å²) < 4.78 is 12.9. The van der Waals surface area contributed by atoms with Crippen molar-refractivity contribution >= 4 is 17.7 Å². The third-order valence-electron chi connectivity index (χ3n) is 3.50. The first kappa shape index (κ1) is 17.1. The Bertz CT molecular complexity index is 841. The Hall–Kier alpha value is -2.73. The van der Waals surface area contributed by atoms with Gasteiger partial charge in [0, 0.05) is 35.6 Å². The molecule has 0 atom stereocenters. The Morgan fingerprint density at radius 3 is 2.56 bits per heavy atom. The smallest absolute Gasteiger partial charge is 0.230 e. The highest BCUT2D eigenvalue weighted by Crippen LogP contribution is 2.20. The van der Waals surface area contributed by atoms with Gasteiger partial charge in [0.05, 0.1) is 11.4 Å². The summed E-state index contributed by atoms with van der Waals surface area (Å²) in [6.07, 6.45) is 5.16. The fourth-order valence-corrected chi connectivity index (χ4v) is 3.00. The predicted molar refractivity (Wildman–Crippen MR) is 96.4 cm³/mol. The molecule has 0 aliphatic heterocycles. The lowest BCUT2D eigenvalue weighted by Gasteiger charge is -2.10. The van der Waals surface area contributed by atoms with Crippen molar-refractivity contribution in [1.29, 1.82) is 0 Å². The summed E-state index contributed by atoms with van der Waals surface area (Å²) in [5.41, 5.74) is 2.73. The second-order valence-electron chi connectivity index (χ2n) is 5.27. The normalized spacial score (nSPS) is 10.4. The first-order valence-electron chi connectivity index (χ1n) is 7.72. The summed E-state index contributed by atoms with van der Waals surface area (Å²) >= 11 is 1.37. The molecule has 0 spiro atoms. The first-order chi connectivity index (χ1) is 12.2. The van der Waals surface area contributed by atoms with E-state index in [9.17, 15) is 9.18 Å². The molecule has 1 aromatic carbocycles. The molecule has 25 heavy (non-hydrogen) atoms. The molecule has 0 unspecified atom stereocenters. The van der Waals surface area contributed by atoms with E-state index in [4.69, 9.17) is 0 Å². The number of pyridine rings is 2. The van der Waals surface area contributed by atoms with Gasteiger partial charge in [-0.2, -0.15) is 0 Å². The SMILES string of the molecule is O=C(CSc1ccc(F)cc1)NCc1cccnc1-c1ccncc1. The van der Waals surface area contributed by atoms with Gasteiger partial charge >= 0.3 is 0 Å². The van der Waals surface area contributed by atoms with Crippen LogP contribution in [0.3, 0.4) is 0 Å². The molecule has 0 aliphatic rings. The average Bonchev–Trinajstić information content (AvgIpc) is 2.67. The Morgan fingerprint density at radius 2 is 1.80 bits per heavy atom. The monoisotopic (exact) mass is 353 g/mol. The van der Waals surface area contributed by atoms with Crippen LogP contribution < -0.4 is 5.32 Å². The van der Waals surface area contributed by atoms with Gasteiger partial charge in [-0.1, -0.05) is 6.07 Å². The largest absolute Gasteiger partial charge is 0.351 e. The van der Waals surface area contributed by atoms with E-state index in [-0.39, 0.29) is 17.5 Å². The fourth-order valence-electron chi connectivity index (χ4n) is 2.28. The molecule has 1 amide bonds. The molecule has 6 heteroatoms. The highest BCUT2D eigenvalue weighted by atomic mass is 32.2. The van der Waals surface area contributed by atoms with Crippen molar-refractivity contribution in [3.63, 3.8) is 0 Å². The second-order valence-corrected chi connectivity index (χ2v) is 6.32.